The number of hydrogen-bond acceptors (Lipinski definition) is 4. The van der Waals surface area contributed by atoms with Crippen LogP contribution in [0.5, 0.6) is 5.75 Å². The van der Waals surface area contributed by atoms with E-state index in [0.717, 1.165) is 11.1 Å². The second kappa shape index (κ2) is 9.35. The number of aryl methyl sites for hydroxylation is 2. The number of amides is 1. The smallest absolute Gasteiger partial charge is 0.277 e. The minimum atomic E-state index is -0.404. The normalized spacial score (nSPS) is 11.1. The maximum atomic E-state index is 11.9. The van der Waals surface area contributed by atoms with Gasteiger partial charge in [0.05, 0.1) is 11.2 Å². The van der Waals surface area contributed by atoms with Crippen LogP contribution in [0.25, 0.3) is 11.3 Å². The van der Waals surface area contributed by atoms with Crippen molar-refractivity contribution in [3.63, 3.8) is 0 Å². The molecule has 29 heavy (non-hydrogen) atoms. The van der Waals surface area contributed by atoms with Crippen molar-refractivity contribution in [3.8, 4) is 17.1 Å². The van der Waals surface area contributed by atoms with E-state index in [1.807, 2.05) is 13.8 Å². The first-order valence-corrected chi connectivity index (χ1v) is 9.73. The zero-order valence-corrected chi connectivity index (χ0v) is 17.9. The number of hydrazone groups is 1. The fraction of sp³-hybridized carbons (Fsp3) is 0.143. The number of benzene rings is 2. The van der Waals surface area contributed by atoms with Crippen LogP contribution in [-0.2, 0) is 4.79 Å². The topological polar surface area (TPSA) is 63.8 Å². The third-order valence-electron chi connectivity index (χ3n) is 3.98. The molecule has 0 fully saturated rings. The van der Waals surface area contributed by atoms with Gasteiger partial charge in [-0.3, -0.25) is 4.79 Å². The summed E-state index contributed by atoms with van der Waals surface area (Å²) in [5, 5.41) is 5.58. The van der Waals surface area contributed by atoms with Crippen molar-refractivity contribution < 1.29 is 13.9 Å². The van der Waals surface area contributed by atoms with Crippen molar-refractivity contribution in [1.29, 1.82) is 0 Å². The number of nitrogens with one attached hydrogen (secondary N) is 1. The van der Waals surface area contributed by atoms with Gasteiger partial charge in [0, 0.05) is 15.6 Å². The van der Waals surface area contributed by atoms with E-state index in [9.17, 15) is 4.79 Å². The quantitative estimate of drug-likeness (QED) is 0.366. The summed E-state index contributed by atoms with van der Waals surface area (Å²) in [6.07, 6.45) is 1.39. The maximum absolute atomic E-state index is 11.9. The second-order valence-corrected chi connectivity index (χ2v) is 7.50. The summed E-state index contributed by atoms with van der Waals surface area (Å²) in [5.41, 5.74) is 4.86. The first-order chi connectivity index (χ1) is 13.8. The molecule has 3 aromatic rings. The first kappa shape index (κ1) is 21.2. The molecule has 1 N–H and O–H groups in total. The molecular weight excluding hydrogens is 435 g/mol. The molecule has 1 amide bonds. The molecule has 0 bridgehead atoms. The van der Waals surface area contributed by atoms with E-state index < -0.39 is 5.91 Å². The zero-order chi connectivity index (χ0) is 21.0. The zero-order valence-electron chi connectivity index (χ0n) is 15.6. The van der Waals surface area contributed by atoms with Crippen LogP contribution in [0.15, 0.2) is 52.0 Å². The fourth-order valence-electron chi connectivity index (χ4n) is 2.59. The highest BCUT2D eigenvalue weighted by Crippen LogP contribution is 2.31. The van der Waals surface area contributed by atoms with Gasteiger partial charge in [-0.25, -0.2) is 5.43 Å². The number of ether oxygens (including phenoxy) is 1. The summed E-state index contributed by atoms with van der Waals surface area (Å²) in [4.78, 5) is 11.9. The summed E-state index contributed by atoms with van der Waals surface area (Å²) in [5.74, 6) is 1.19. The predicted molar refractivity (Wildman–Crippen MR) is 116 cm³/mol. The number of furan rings is 1. The Morgan fingerprint density at radius 2 is 1.83 bits per heavy atom. The Hall–Kier alpha value is -2.47. The maximum Gasteiger partial charge on any atom is 0.277 e. The summed E-state index contributed by atoms with van der Waals surface area (Å²) in [6.45, 7) is 3.57. The lowest BCUT2D eigenvalue weighted by Crippen LogP contribution is -2.24. The van der Waals surface area contributed by atoms with Crippen molar-refractivity contribution in [3.05, 3.63) is 74.4 Å². The molecule has 0 aliphatic rings. The lowest BCUT2D eigenvalue weighted by Gasteiger charge is -2.09. The van der Waals surface area contributed by atoms with E-state index in [1.165, 1.54) is 6.21 Å². The number of nitrogens with zero attached hydrogens (tertiary/aromatic N) is 1. The molecule has 0 saturated heterocycles. The first-order valence-electron chi connectivity index (χ1n) is 8.60. The van der Waals surface area contributed by atoms with Crippen LogP contribution in [0.3, 0.4) is 0 Å². The fourth-order valence-corrected chi connectivity index (χ4v) is 3.21. The van der Waals surface area contributed by atoms with Crippen molar-refractivity contribution in [2.24, 2.45) is 5.10 Å². The summed E-state index contributed by atoms with van der Waals surface area (Å²) < 4.78 is 11.1. The van der Waals surface area contributed by atoms with Gasteiger partial charge in [0.25, 0.3) is 5.91 Å². The molecule has 0 radical (unpaired) electrons. The van der Waals surface area contributed by atoms with Crippen LogP contribution in [0, 0.1) is 13.8 Å². The van der Waals surface area contributed by atoms with Crippen molar-refractivity contribution in [2.75, 3.05) is 6.61 Å². The van der Waals surface area contributed by atoms with Gasteiger partial charge < -0.3 is 9.15 Å². The van der Waals surface area contributed by atoms with Crippen LogP contribution >= 0.6 is 34.8 Å². The average molecular weight is 452 g/mol. The van der Waals surface area contributed by atoms with Gasteiger partial charge in [0.15, 0.2) is 6.61 Å². The molecule has 0 atom stereocenters. The van der Waals surface area contributed by atoms with Gasteiger partial charge in [-0.2, -0.15) is 5.10 Å². The molecule has 8 heteroatoms. The Morgan fingerprint density at radius 3 is 2.52 bits per heavy atom. The number of rotatable bonds is 6. The number of hydrogen-bond donors (Lipinski definition) is 1. The highest BCUT2D eigenvalue weighted by molar-refractivity contribution is 6.36. The lowest BCUT2D eigenvalue weighted by atomic mass is 10.1. The lowest BCUT2D eigenvalue weighted by molar-refractivity contribution is -0.123. The predicted octanol–water partition coefficient (Wildman–Crippen LogP) is 6.05. The largest absolute Gasteiger partial charge is 0.484 e. The molecule has 0 saturated carbocycles. The van der Waals surface area contributed by atoms with Crippen LogP contribution in [0.1, 0.15) is 16.9 Å². The van der Waals surface area contributed by atoms with E-state index in [2.05, 4.69) is 10.5 Å². The molecule has 2 aromatic carbocycles. The molecule has 1 aromatic heterocycles. The van der Waals surface area contributed by atoms with Crippen molar-refractivity contribution >= 4 is 46.9 Å². The van der Waals surface area contributed by atoms with E-state index in [0.29, 0.717) is 37.9 Å². The van der Waals surface area contributed by atoms with Crippen LogP contribution in [-0.4, -0.2) is 18.7 Å². The Bertz CT molecular complexity index is 1050. The molecule has 0 unspecified atom stereocenters. The minimum absolute atomic E-state index is 0.179. The van der Waals surface area contributed by atoms with E-state index in [4.69, 9.17) is 44.0 Å². The van der Waals surface area contributed by atoms with Crippen molar-refractivity contribution in [1.82, 2.24) is 5.43 Å². The third kappa shape index (κ3) is 5.54. The van der Waals surface area contributed by atoms with Gasteiger partial charge in [0.2, 0.25) is 0 Å². The SMILES string of the molecule is Cc1cc(OCC(=O)N/N=C\c2ccc(-c3ccc(Cl)cc3Cl)o2)cc(C)c1Cl. The van der Waals surface area contributed by atoms with Gasteiger partial charge in [-0.05, 0) is 67.4 Å². The van der Waals surface area contributed by atoms with Crippen LogP contribution in [0.2, 0.25) is 15.1 Å². The Labute approximate surface area is 183 Å². The Morgan fingerprint density at radius 1 is 1.10 bits per heavy atom. The highest BCUT2D eigenvalue weighted by atomic mass is 35.5. The standard InChI is InChI=1S/C21H17Cl3N2O3/c1-12-7-16(8-13(2)21(12)24)28-11-20(27)26-25-10-15-4-6-19(29-15)17-5-3-14(22)9-18(17)23/h3-10H,11H2,1-2H3,(H,26,27)/b25-10-. The molecule has 5 nitrogen and oxygen atoms in total. The van der Waals surface area contributed by atoms with Gasteiger partial charge >= 0.3 is 0 Å². The molecule has 0 aliphatic carbocycles. The monoisotopic (exact) mass is 450 g/mol. The summed E-state index contributed by atoms with van der Waals surface area (Å²) in [7, 11) is 0. The molecular formula is C21H17Cl3N2O3. The van der Waals surface area contributed by atoms with Gasteiger partial charge in [-0.15, -0.1) is 0 Å². The number of halogens is 3. The third-order valence-corrected chi connectivity index (χ3v) is 5.13. The molecule has 150 valence electrons. The number of carbonyl (C=O) groups is 1. The van der Waals surface area contributed by atoms with Gasteiger partial charge in [-0.1, -0.05) is 34.8 Å². The van der Waals surface area contributed by atoms with Gasteiger partial charge in [0.1, 0.15) is 17.3 Å². The summed E-state index contributed by atoms with van der Waals surface area (Å²) >= 11 is 18.2. The van der Waals surface area contributed by atoms with E-state index in [1.54, 1.807) is 42.5 Å². The molecule has 1 heterocycles. The van der Waals surface area contributed by atoms with E-state index in [-0.39, 0.29) is 6.61 Å². The highest BCUT2D eigenvalue weighted by Gasteiger charge is 2.09. The molecule has 3 rings (SSSR count). The second-order valence-electron chi connectivity index (χ2n) is 6.28. The molecule has 0 spiro atoms. The Balaban J connectivity index is 1.55. The van der Waals surface area contributed by atoms with Crippen LogP contribution < -0.4 is 10.2 Å². The summed E-state index contributed by atoms with van der Waals surface area (Å²) in [6, 6.07) is 12.2. The Kier molecular flexibility index (Phi) is 6.85. The van der Waals surface area contributed by atoms with Crippen molar-refractivity contribution in [2.45, 2.75) is 13.8 Å². The average Bonchev–Trinajstić information content (AvgIpc) is 3.13. The van der Waals surface area contributed by atoms with E-state index >= 15 is 0 Å². The molecule has 0 aliphatic heterocycles. The van der Waals surface area contributed by atoms with Crippen LogP contribution in [0.4, 0.5) is 0 Å². The minimum Gasteiger partial charge on any atom is -0.484 e. The number of carbonyl (C=O) groups excluding carboxylic acids is 1.